The molecule has 4 rings (SSSR count). The van der Waals surface area contributed by atoms with Crippen LogP contribution in [0.4, 0.5) is 11.4 Å². The minimum atomic E-state index is -0.266. The highest BCUT2D eigenvalue weighted by Gasteiger charge is 2.34. The first-order valence-corrected chi connectivity index (χ1v) is 10.2. The van der Waals surface area contributed by atoms with Gasteiger partial charge in [-0.05, 0) is 42.0 Å². The average Bonchev–Trinajstić information content (AvgIpc) is 3.10. The zero-order chi connectivity index (χ0) is 19.5. The molecule has 0 aromatic heterocycles. The number of halogens is 1. The van der Waals surface area contributed by atoms with E-state index in [4.69, 9.17) is 11.6 Å². The van der Waals surface area contributed by atoms with Crippen LogP contribution in [-0.2, 0) is 4.79 Å². The Labute approximate surface area is 172 Å². The Kier molecular flexibility index (Phi) is 5.37. The van der Waals surface area contributed by atoms with Crippen LogP contribution < -0.4 is 10.2 Å². The number of benzene rings is 3. The number of nitrogens with one attached hydrogen (secondary N) is 1. The highest BCUT2D eigenvalue weighted by atomic mass is 35.5. The van der Waals surface area contributed by atoms with E-state index in [1.165, 1.54) is 0 Å². The lowest BCUT2D eigenvalue weighted by Gasteiger charge is -2.24. The van der Waals surface area contributed by atoms with E-state index in [-0.39, 0.29) is 17.2 Å². The number of rotatable bonds is 4. The van der Waals surface area contributed by atoms with Crippen LogP contribution in [0.5, 0.6) is 0 Å². The minimum absolute atomic E-state index is 0.0757. The minimum Gasteiger partial charge on any atom is -0.322 e. The Morgan fingerprint density at radius 3 is 2.54 bits per heavy atom. The summed E-state index contributed by atoms with van der Waals surface area (Å²) in [5.74, 6) is 0.236. The number of para-hydroxylation sites is 1. The third-order valence-corrected chi connectivity index (χ3v) is 5.99. The average molecular weight is 409 g/mol. The molecule has 1 saturated heterocycles. The SMILES string of the molecule is O=C(Nc1cccc([C@@H]2SCC(=O)N2c2ccccc2)c1)c1ccccc1Cl. The molecular formula is C22H17ClN2O2S. The van der Waals surface area contributed by atoms with Crippen LogP contribution in [0.1, 0.15) is 21.3 Å². The first kappa shape index (κ1) is 18.6. The van der Waals surface area contributed by atoms with E-state index in [0.29, 0.717) is 22.0 Å². The van der Waals surface area contributed by atoms with Gasteiger partial charge in [0.1, 0.15) is 5.37 Å². The molecule has 2 amide bonds. The molecule has 1 atom stereocenters. The molecule has 1 fully saturated rings. The second-order valence-electron chi connectivity index (χ2n) is 6.32. The van der Waals surface area contributed by atoms with Gasteiger partial charge in [-0.25, -0.2) is 0 Å². The molecule has 0 unspecified atom stereocenters. The Balaban J connectivity index is 1.59. The number of carbonyl (C=O) groups excluding carboxylic acids is 2. The Morgan fingerprint density at radius 2 is 1.75 bits per heavy atom. The fourth-order valence-corrected chi connectivity index (χ4v) is 4.54. The number of carbonyl (C=O) groups is 2. The van der Waals surface area contributed by atoms with E-state index in [1.54, 1.807) is 40.9 Å². The van der Waals surface area contributed by atoms with Gasteiger partial charge >= 0.3 is 0 Å². The van der Waals surface area contributed by atoms with Crippen molar-refractivity contribution in [3.05, 3.63) is 95.0 Å². The maximum Gasteiger partial charge on any atom is 0.257 e. The molecule has 1 N–H and O–H groups in total. The number of amides is 2. The van der Waals surface area contributed by atoms with Gasteiger partial charge in [-0.2, -0.15) is 0 Å². The molecule has 0 saturated carbocycles. The monoisotopic (exact) mass is 408 g/mol. The molecule has 1 aliphatic heterocycles. The summed E-state index contributed by atoms with van der Waals surface area (Å²) in [5, 5.41) is 3.17. The summed E-state index contributed by atoms with van der Waals surface area (Å²) in [7, 11) is 0. The second kappa shape index (κ2) is 8.09. The molecule has 1 aliphatic rings. The lowest BCUT2D eigenvalue weighted by molar-refractivity contribution is -0.115. The first-order chi connectivity index (χ1) is 13.6. The maximum absolute atomic E-state index is 12.5. The number of nitrogens with zero attached hydrogens (tertiary/aromatic N) is 1. The molecule has 0 bridgehead atoms. The summed E-state index contributed by atoms with van der Waals surface area (Å²) >= 11 is 7.69. The van der Waals surface area contributed by atoms with Crippen LogP contribution >= 0.6 is 23.4 Å². The van der Waals surface area contributed by atoms with Gasteiger partial charge in [0, 0.05) is 11.4 Å². The molecule has 1 heterocycles. The van der Waals surface area contributed by atoms with Gasteiger partial charge in [0.15, 0.2) is 0 Å². The zero-order valence-electron chi connectivity index (χ0n) is 14.8. The van der Waals surface area contributed by atoms with Crippen molar-refractivity contribution >= 4 is 46.6 Å². The van der Waals surface area contributed by atoms with Crippen LogP contribution in [0.15, 0.2) is 78.9 Å². The number of anilines is 2. The van der Waals surface area contributed by atoms with E-state index in [0.717, 1.165) is 11.3 Å². The fraction of sp³-hybridized carbons (Fsp3) is 0.0909. The van der Waals surface area contributed by atoms with Crippen molar-refractivity contribution in [2.45, 2.75) is 5.37 Å². The molecule has 4 nitrogen and oxygen atoms in total. The predicted molar refractivity (Wildman–Crippen MR) is 115 cm³/mol. The van der Waals surface area contributed by atoms with Crippen LogP contribution in [-0.4, -0.2) is 17.6 Å². The number of hydrogen-bond donors (Lipinski definition) is 1. The lowest BCUT2D eigenvalue weighted by atomic mass is 10.1. The summed E-state index contributed by atoms with van der Waals surface area (Å²) in [5.41, 5.74) is 2.91. The second-order valence-corrected chi connectivity index (χ2v) is 7.80. The lowest BCUT2D eigenvalue weighted by Crippen LogP contribution is -2.27. The van der Waals surface area contributed by atoms with Gasteiger partial charge < -0.3 is 5.32 Å². The van der Waals surface area contributed by atoms with Crippen molar-refractivity contribution in [2.24, 2.45) is 0 Å². The summed E-state index contributed by atoms with van der Waals surface area (Å²) in [4.78, 5) is 26.8. The van der Waals surface area contributed by atoms with E-state index in [2.05, 4.69) is 5.32 Å². The summed E-state index contributed by atoms with van der Waals surface area (Å²) in [6, 6.07) is 24.1. The van der Waals surface area contributed by atoms with Crippen molar-refractivity contribution < 1.29 is 9.59 Å². The molecule has 0 aliphatic carbocycles. The molecule has 0 spiro atoms. The van der Waals surface area contributed by atoms with Crippen molar-refractivity contribution in [3.8, 4) is 0 Å². The highest BCUT2D eigenvalue weighted by Crippen LogP contribution is 2.42. The van der Waals surface area contributed by atoms with Gasteiger partial charge in [-0.3, -0.25) is 14.5 Å². The predicted octanol–water partition coefficient (Wildman–Crippen LogP) is 5.37. The fourth-order valence-electron chi connectivity index (χ4n) is 3.15. The van der Waals surface area contributed by atoms with E-state index < -0.39 is 0 Å². The number of hydrogen-bond acceptors (Lipinski definition) is 3. The van der Waals surface area contributed by atoms with Gasteiger partial charge in [0.25, 0.3) is 5.91 Å². The van der Waals surface area contributed by atoms with Crippen molar-refractivity contribution in [1.29, 1.82) is 0 Å². The Morgan fingerprint density at radius 1 is 1.00 bits per heavy atom. The normalized spacial score (nSPS) is 16.2. The van der Waals surface area contributed by atoms with Gasteiger partial charge in [-0.15, -0.1) is 11.8 Å². The zero-order valence-corrected chi connectivity index (χ0v) is 16.4. The summed E-state index contributed by atoms with van der Waals surface area (Å²) in [6.07, 6.45) is 0. The first-order valence-electron chi connectivity index (χ1n) is 8.78. The topological polar surface area (TPSA) is 49.4 Å². The summed E-state index contributed by atoms with van der Waals surface area (Å²) in [6.45, 7) is 0. The van der Waals surface area contributed by atoms with Crippen LogP contribution in [0, 0.1) is 0 Å². The molecule has 140 valence electrons. The highest BCUT2D eigenvalue weighted by molar-refractivity contribution is 8.00. The van der Waals surface area contributed by atoms with E-state index in [1.807, 2.05) is 54.6 Å². The van der Waals surface area contributed by atoms with Crippen LogP contribution in [0.2, 0.25) is 5.02 Å². The molecule has 28 heavy (non-hydrogen) atoms. The molecule has 3 aromatic rings. The van der Waals surface area contributed by atoms with Gasteiger partial charge in [-0.1, -0.05) is 54.1 Å². The van der Waals surface area contributed by atoms with Crippen LogP contribution in [0.25, 0.3) is 0 Å². The van der Waals surface area contributed by atoms with Gasteiger partial charge in [0.2, 0.25) is 5.91 Å². The Hall–Kier alpha value is -2.76. The van der Waals surface area contributed by atoms with Crippen LogP contribution in [0.3, 0.4) is 0 Å². The number of thioether (sulfide) groups is 1. The third kappa shape index (κ3) is 3.77. The standard InChI is InChI=1S/C22H17ClN2O2S/c23-19-12-5-4-11-18(19)21(27)24-16-8-6-7-15(13-16)22-25(20(26)14-28-22)17-9-2-1-3-10-17/h1-13,22H,14H2,(H,24,27)/t22-/m0/s1. The third-order valence-electron chi connectivity index (χ3n) is 4.45. The Bertz CT molecular complexity index is 1030. The maximum atomic E-state index is 12.5. The molecular weight excluding hydrogens is 392 g/mol. The van der Waals surface area contributed by atoms with E-state index in [9.17, 15) is 9.59 Å². The van der Waals surface area contributed by atoms with Crippen molar-refractivity contribution in [2.75, 3.05) is 16.0 Å². The molecule has 3 aromatic carbocycles. The molecule has 0 radical (unpaired) electrons. The smallest absolute Gasteiger partial charge is 0.257 e. The summed E-state index contributed by atoms with van der Waals surface area (Å²) < 4.78 is 0. The quantitative estimate of drug-likeness (QED) is 0.631. The van der Waals surface area contributed by atoms with Crippen molar-refractivity contribution in [1.82, 2.24) is 0 Å². The van der Waals surface area contributed by atoms with Gasteiger partial charge in [0.05, 0.1) is 16.3 Å². The van der Waals surface area contributed by atoms with Crippen molar-refractivity contribution in [3.63, 3.8) is 0 Å². The molecule has 6 heteroatoms. The largest absolute Gasteiger partial charge is 0.322 e. The van der Waals surface area contributed by atoms with E-state index >= 15 is 0 Å².